The van der Waals surface area contributed by atoms with Gasteiger partial charge in [0, 0.05) is 18.8 Å². The number of esters is 2. The molecule has 0 saturated carbocycles. The third kappa shape index (κ3) is 5.56. The number of ether oxygens (including phenoxy) is 2. The largest absolute Gasteiger partial charge is 0.462 e. The van der Waals surface area contributed by atoms with Crippen molar-refractivity contribution < 1.29 is 24.4 Å². The van der Waals surface area contributed by atoms with Crippen molar-refractivity contribution >= 4 is 11.9 Å². The number of benzene rings is 1. The van der Waals surface area contributed by atoms with E-state index in [2.05, 4.69) is 12.2 Å². The van der Waals surface area contributed by atoms with E-state index in [4.69, 9.17) is 9.47 Å². The first kappa shape index (κ1) is 20.4. The van der Waals surface area contributed by atoms with E-state index in [1.54, 1.807) is 24.3 Å². The van der Waals surface area contributed by atoms with Gasteiger partial charge < -0.3 is 14.8 Å². The molecule has 1 saturated heterocycles. The first-order valence-corrected chi connectivity index (χ1v) is 9.77. The minimum Gasteiger partial charge on any atom is -0.462 e. The molecule has 1 aromatic rings. The molecule has 0 aliphatic carbocycles. The number of carbonyl (C=O) groups is 2. The van der Waals surface area contributed by atoms with Gasteiger partial charge in [-0.3, -0.25) is 0 Å². The Bertz CT molecular complexity index is 606. The summed E-state index contributed by atoms with van der Waals surface area (Å²) in [5.41, 5.74) is 0.00829. The molecule has 0 unspecified atom stereocenters. The van der Waals surface area contributed by atoms with Crippen LogP contribution in [0.4, 0.5) is 0 Å². The fourth-order valence-corrected chi connectivity index (χ4v) is 3.43. The van der Waals surface area contributed by atoms with Crippen LogP contribution in [-0.2, 0) is 9.47 Å². The average molecular weight is 362 g/mol. The predicted molar refractivity (Wildman–Crippen MR) is 100 cm³/mol. The Morgan fingerprint density at radius 2 is 1.69 bits per heavy atom. The lowest BCUT2D eigenvalue weighted by Crippen LogP contribution is -2.86. The molecule has 0 aromatic heterocycles. The van der Waals surface area contributed by atoms with Gasteiger partial charge in [-0.2, -0.15) is 0 Å². The fourth-order valence-electron chi connectivity index (χ4n) is 3.43. The van der Waals surface area contributed by atoms with E-state index < -0.39 is 17.5 Å². The summed E-state index contributed by atoms with van der Waals surface area (Å²) in [6, 6.07) is 6.74. The fraction of sp³-hybridized carbons (Fsp3) is 0.619. The van der Waals surface area contributed by atoms with Crippen LogP contribution in [0, 0.1) is 5.92 Å². The molecule has 1 heterocycles. The van der Waals surface area contributed by atoms with Crippen molar-refractivity contribution in [1.29, 1.82) is 0 Å². The van der Waals surface area contributed by atoms with Crippen LogP contribution >= 0.6 is 0 Å². The van der Waals surface area contributed by atoms with Crippen molar-refractivity contribution in [1.82, 2.24) is 0 Å². The number of hydrogen-bond acceptors (Lipinski definition) is 4. The summed E-state index contributed by atoms with van der Waals surface area (Å²) in [7, 11) is 0. The second-order valence-corrected chi connectivity index (χ2v) is 7.52. The molecule has 26 heavy (non-hydrogen) atoms. The first-order valence-electron chi connectivity index (χ1n) is 9.77. The molecule has 144 valence electrons. The lowest BCUT2D eigenvalue weighted by molar-refractivity contribution is -0.665. The summed E-state index contributed by atoms with van der Waals surface area (Å²) >= 11 is 0. The summed E-state index contributed by atoms with van der Waals surface area (Å²) in [5, 5.41) is 2.29. The smallest absolute Gasteiger partial charge is 0.339 e. The number of quaternary nitrogens is 1. The van der Waals surface area contributed by atoms with Crippen molar-refractivity contribution in [3.8, 4) is 0 Å². The molecule has 2 N–H and O–H groups in total. The quantitative estimate of drug-likeness (QED) is 0.570. The topological polar surface area (TPSA) is 69.2 Å². The van der Waals surface area contributed by atoms with Crippen LogP contribution in [0.2, 0.25) is 0 Å². The number of hydrogen-bond donors (Lipinski definition) is 1. The standard InChI is InChI=1S/C21H31NO4/c1-4-5-8-15-25-19(23)17-9-6-7-10-18(17)20(24)26-21(2,3)16-11-13-22-14-12-16/h6-7,9-10,16,22H,4-5,8,11-15H2,1-3H3/p+1. The zero-order chi connectivity index (χ0) is 19.0. The number of carbonyl (C=O) groups excluding carboxylic acids is 2. The molecule has 0 amide bonds. The van der Waals surface area contributed by atoms with Crippen molar-refractivity contribution in [3.63, 3.8) is 0 Å². The molecule has 1 aromatic carbocycles. The SMILES string of the molecule is CCCCCOC(=O)c1ccccc1C(=O)OC(C)(C)C1CC[NH2+]CC1. The maximum absolute atomic E-state index is 12.8. The summed E-state index contributed by atoms with van der Waals surface area (Å²) in [5.74, 6) is -0.575. The molecular formula is C21H32NO4+. The Morgan fingerprint density at radius 3 is 2.31 bits per heavy atom. The van der Waals surface area contributed by atoms with Gasteiger partial charge in [0.25, 0.3) is 0 Å². The Labute approximate surface area is 156 Å². The van der Waals surface area contributed by atoms with Gasteiger partial charge in [-0.25, -0.2) is 9.59 Å². The van der Waals surface area contributed by atoms with E-state index in [0.717, 1.165) is 45.2 Å². The van der Waals surface area contributed by atoms with Crippen LogP contribution in [0.5, 0.6) is 0 Å². The maximum atomic E-state index is 12.8. The second-order valence-electron chi connectivity index (χ2n) is 7.52. The summed E-state index contributed by atoms with van der Waals surface area (Å²) in [6.45, 7) is 8.52. The van der Waals surface area contributed by atoms with Gasteiger partial charge in [0.05, 0.1) is 30.8 Å². The number of unbranched alkanes of at least 4 members (excludes halogenated alkanes) is 2. The third-order valence-corrected chi connectivity index (χ3v) is 5.13. The van der Waals surface area contributed by atoms with Crippen molar-refractivity contribution in [2.75, 3.05) is 19.7 Å². The van der Waals surface area contributed by atoms with Crippen LogP contribution < -0.4 is 5.32 Å². The van der Waals surface area contributed by atoms with Gasteiger partial charge in [-0.15, -0.1) is 0 Å². The van der Waals surface area contributed by atoms with Gasteiger partial charge >= 0.3 is 11.9 Å². The van der Waals surface area contributed by atoms with E-state index in [0.29, 0.717) is 12.5 Å². The highest BCUT2D eigenvalue weighted by Crippen LogP contribution is 2.29. The maximum Gasteiger partial charge on any atom is 0.339 e. The zero-order valence-electron chi connectivity index (χ0n) is 16.3. The molecule has 0 bridgehead atoms. The minimum absolute atomic E-state index is 0.279. The Hall–Kier alpha value is -1.88. The van der Waals surface area contributed by atoms with E-state index in [1.165, 1.54) is 0 Å². The summed E-state index contributed by atoms with van der Waals surface area (Å²) in [6.07, 6.45) is 4.97. The molecular weight excluding hydrogens is 330 g/mol. The second kappa shape index (κ2) is 9.72. The van der Waals surface area contributed by atoms with Crippen LogP contribution in [0.15, 0.2) is 24.3 Å². The number of rotatable bonds is 8. The molecule has 2 rings (SSSR count). The molecule has 1 aliphatic heterocycles. The molecule has 0 atom stereocenters. The van der Waals surface area contributed by atoms with Crippen molar-refractivity contribution in [2.45, 2.75) is 58.5 Å². The highest BCUT2D eigenvalue weighted by atomic mass is 16.6. The Balaban J connectivity index is 2.05. The van der Waals surface area contributed by atoms with Gasteiger partial charge in [0.1, 0.15) is 5.60 Å². The minimum atomic E-state index is -0.552. The zero-order valence-corrected chi connectivity index (χ0v) is 16.3. The lowest BCUT2D eigenvalue weighted by atomic mass is 9.83. The summed E-state index contributed by atoms with van der Waals surface area (Å²) in [4.78, 5) is 25.1. The van der Waals surface area contributed by atoms with E-state index in [-0.39, 0.29) is 11.1 Å². The van der Waals surface area contributed by atoms with Crippen LogP contribution in [0.25, 0.3) is 0 Å². The Kier molecular flexibility index (Phi) is 7.64. The number of piperidine rings is 1. The summed E-state index contributed by atoms with van der Waals surface area (Å²) < 4.78 is 11.2. The van der Waals surface area contributed by atoms with Gasteiger partial charge in [-0.05, 0) is 32.4 Å². The molecule has 0 radical (unpaired) electrons. The third-order valence-electron chi connectivity index (χ3n) is 5.13. The van der Waals surface area contributed by atoms with Gasteiger partial charge in [0.2, 0.25) is 0 Å². The normalized spacial score (nSPS) is 15.5. The molecule has 1 fully saturated rings. The monoisotopic (exact) mass is 362 g/mol. The Morgan fingerprint density at radius 1 is 1.08 bits per heavy atom. The van der Waals surface area contributed by atoms with Crippen LogP contribution in [-0.4, -0.2) is 37.2 Å². The van der Waals surface area contributed by atoms with E-state index >= 15 is 0 Å². The highest BCUT2D eigenvalue weighted by Gasteiger charge is 2.36. The highest BCUT2D eigenvalue weighted by molar-refractivity contribution is 6.03. The van der Waals surface area contributed by atoms with E-state index in [9.17, 15) is 9.59 Å². The van der Waals surface area contributed by atoms with Crippen molar-refractivity contribution in [3.05, 3.63) is 35.4 Å². The predicted octanol–water partition coefficient (Wildman–Crippen LogP) is 2.94. The lowest BCUT2D eigenvalue weighted by Gasteiger charge is -2.35. The molecule has 5 heteroatoms. The molecule has 1 aliphatic rings. The average Bonchev–Trinajstić information content (AvgIpc) is 2.65. The molecule has 0 spiro atoms. The van der Waals surface area contributed by atoms with Gasteiger partial charge in [-0.1, -0.05) is 31.9 Å². The van der Waals surface area contributed by atoms with Crippen LogP contribution in [0.1, 0.15) is 73.6 Å². The van der Waals surface area contributed by atoms with Crippen molar-refractivity contribution in [2.24, 2.45) is 5.92 Å². The van der Waals surface area contributed by atoms with E-state index in [1.807, 2.05) is 13.8 Å². The number of nitrogens with two attached hydrogens (primary N) is 1. The first-order chi connectivity index (χ1) is 12.5. The van der Waals surface area contributed by atoms with Gasteiger partial charge in [0.15, 0.2) is 0 Å². The molecule has 5 nitrogen and oxygen atoms in total. The van der Waals surface area contributed by atoms with Crippen LogP contribution in [0.3, 0.4) is 0 Å².